The van der Waals surface area contributed by atoms with Gasteiger partial charge in [-0.3, -0.25) is 10.1 Å². The average Bonchev–Trinajstić information content (AvgIpc) is 3.16. The molecule has 0 saturated carbocycles. The maximum atomic E-state index is 12.6. The van der Waals surface area contributed by atoms with Crippen LogP contribution < -0.4 is 10.6 Å². The van der Waals surface area contributed by atoms with Crippen molar-refractivity contribution in [1.82, 2.24) is 5.32 Å². The number of hydrogen-bond donors (Lipinski definition) is 3. The van der Waals surface area contributed by atoms with E-state index in [0.29, 0.717) is 0 Å². The van der Waals surface area contributed by atoms with Crippen LogP contribution in [0.2, 0.25) is 5.02 Å². The predicted octanol–water partition coefficient (Wildman–Crippen LogP) is 4.53. The number of fused-ring (bicyclic) bond motifs is 3. The summed E-state index contributed by atoms with van der Waals surface area (Å²) in [6.45, 7) is -0.0896. The quantitative estimate of drug-likeness (QED) is 0.424. The molecule has 8 nitrogen and oxygen atoms in total. The van der Waals surface area contributed by atoms with Crippen LogP contribution in [0.4, 0.5) is 10.5 Å². The Bertz CT molecular complexity index is 1230. The third kappa shape index (κ3) is 5.45. The smallest absolute Gasteiger partial charge is 0.411 e. The fraction of sp³-hybridized carbons (Fsp3) is 0.192. The van der Waals surface area contributed by atoms with Crippen molar-refractivity contribution in [1.29, 1.82) is 0 Å². The van der Waals surface area contributed by atoms with Crippen molar-refractivity contribution in [3.8, 4) is 11.1 Å². The van der Waals surface area contributed by atoms with Gasteiger partial charge in [0, 0.05) is 29.3 Å². The number of amides is 2. The first-order valence-electron chi connectivity index (χ1n) is 10.8. The lowest BCUT2D eigenvalue weighted by Crippen LogP contribution is -2.37. The van der Waals surface area contributed by atoms with Gasteiger partial charge in [0.15, 0.2) is 6.10 Å². The molecule has 1 aliphatic carbocycles. The van der Waals surface area contributed by atoms with E-state index < -0.39 is 24.1 Å². The van der Waals surface area contributed by atoms with Gasteiger partial charge in [-0.15, -0.1) is 0 Å². The Morgan fingerprint density at radius 3 is 2.23 bits per heavy atom. The Hall–Kier alpha value is -3.88. The average molecular weight is 495 g/mol. The number of methoxy groups -OCH3 is 1. The standard InChI is InChI=1S/C26H23ClN2O6/c1-34-23(25(31)32)13-28-24(30)15-10-16(27)12-17(11-15)29-26(33)35-14-22-20-8-4-2-6-18(20)19-7-3-5-9-21(19)22/h2-12,22-23H,13-14H2,1H3,(H,28,30)(H,29,33)(H,31,32). The number of benzene rings is 3. The first-order valence-corrected chi connectivity index (χ1v) is 11.2. The molecule has 0 saturated heterocycles. The lowest BCUT2D eigenvalue weighted by Gasteiger charge is -2.15. The van der Waals surface area contributed by atoms with Gasteiger partial charge in [0.05, 0.1) is 6.54 Å². The third-order valence-corrected chi connectivity index (χ3v) is 5.98. The number of halogens is 1. The van der Waals surface area contributed by atoms with E-state index in [1.165, 1.54) is 25.3 Å². The first-order chi connectivity index (χ1) is 16.9. The van der Waals surface area contributed by atoms with Crippen LogP contribution in [0.15, 0.2) is 66.7 Å². The SMILES string of the molecule is COC(CNC(=O)c1cc(Cl)cc(NC(=O)OCC2c3ccccc3-c3ccccc32)c1)C(=O)O. The molecule has 35 heavy (non-hydrogen) atoms. The molecule has 1 atom stereocenters. The molecular weight excluding hydrogens is 472 g/mol. The van der Waals surface area contributed by atoms with Gasteiger partial charge in [0.25, 0.3) is 5.91 Å². The van der Waals surface area contributed by atoms with Gasteiger partial charge in [-0.25, -0.2) is 9.59 Å². The Labute approximate surface area is 206 Å². The topological polar surface area (TPSA) is 114 Å². The summed E-state index contributed by atoms with van der Waals surface area (Å²) >= 11 is 6.12. The minimum Gasteiger partial charge on any atom is -0.479 e. The monoisotopic (exact) mass is 494 g/mol. The summed E-state index contributed by atoms with van der Waals surface area (Å²) in [5.41, 5.74) is 4.85. The number of rotatable bonds is 8. The summed E-state index contributed by atoms with van der Waals surface area (Å²) in [6, 6.07) is 20.4. The number of carbonyl (C=O) groups excluding carboxylic acids is 2. The molecular formula is C26H23ClN2O6. The van der Waals surface area contributed by atoms with Gasteiger partial charge in [-0.05, 0) is 40.5 Å². The summed E-state index contributed by atoms with van der Waals surface area (Å²) in [5, 5.41) is 14.3. The van der Waals surface area contributed by atoms with Crippen LogP contribution in [-0.4, -0.2) is 49.4 Å². The number of anilines is 1. The highest BCUT2D eigenvalue weighted by Crippen LogP contribution is 2.44. The van der Waals surface area contributed by atoms with Crippen LogP contribution in [0.5, 0.6) is 0 Å². The van der Waals surface area contributed by atoms with Crippen molar-refractivity contribution in [3.63, 3.8) is 0 Å². The molecule has 180 valence electrons. The molecule has 4 rings (SSSR count). The van der Waals surface area contributed by atoms with Crippen molar-refractivity contribution in [2.24, 2.45) is 0 Å². The maximum absolute atomic E-state index is 12.6. The predicted molar refractivity (Wildman–Crippen MR) is 131 cm³/mol. The van der Waals surface area contributed by atoms with Crippen molar-refractivity contribution in [2.45, 2.75) is 12.0 Å². The molecule has 0 spiro atoms. The van der Waals surface area contributed by atoms with Gasteiger partial charge in [-0.2, -0.15) is 0 Å². The number of carbonyl (C=O) groups is 3. The summed E-state index contributed by atoms with van der Waals surface area (Å²) in [7, 11) is 1.24. The third-order valence-electron chi connectivity index (χ3n) is 5.76. The molecule has 9 heteroatoms. The van der Waals surface area contributed by atoms with Gasteiger partial charge in [0.1, 0.15) is 6.61 Å². The zero-order valence-electron chi connectivity index (χ0n) is 18.8. The van der Waals surface area contributed by atoms with E-state index in [2.05, 4.69) is 22.8 Å². The van der Waals surface area contributed by atoms with Gasteiger partial charge in [0.2, 0.25) is 0 Å². The van der Waals surface area contributed by atoms with Crippen molar-refractivity contribution >= 4 is 35.3 Å². The molecule has 3 aromatic rings. The molecule has 3 aromatic carbocycles. The van der Waals surface area contributed by atoms with Gasteiger partial charge < -0.3 is 19.9 Å². The second kappa shape index (κ2) is 10.6. The molecule has 0 radical (unpaired) electrons. The minimum absolute atomic E-state index is 0.0863. The molecule has 1 unspecified atom stereocenters. The Kier molecular flexibility index (Phi) is 7.33. The molecule has 3 N–H and O–H groups in total. The molecule has 0 aliphatic heterocycles. The van der Waals surface area contributed by atoms with E-state index in [4.69, 9.17) is 26.2 Å². The van der Waals surface area contributed by atoms with Gasteiger partial charge in [-0.1, -0.05) is 60.1 Å². The summed E-state index contributed by atoms with van der Waals surface area (Å²) in [5.74, 6) is -1.85. The van der Waals surface area contributed by atoms with Crippen molar-refractivity contribution in [3.05, 3.63) is 88.4 Å². The number of hydrogen-bond acceptors (Lipinski definition) is 5. The highest BCUT2D eigenvalue weighted by molar-refractivity contribution is 6.31. The van der Waals surface area contributed by atoms with E-state index in [-0.39, 0.29) is 35.3 Å². The number of ether oxygens (including phenoxy) is 2. The number of carboxylic acids is 1. The lowest BCUT2D eigenvalue weighted by molar-refractivity contribution is -0.148. The summed E-state index contributed by atoms with van der Waals surface area (Å²) in [6.07, 6.45) is -1.87. The Morgan fingerprint density at radius 2 is 1.63 bits per heavy atom. The van der Waals surface area contributed by atoms with E-state index >= 15 is 0 Å². The van der Waals surface area contributed by atoms with Crippen LogP contribution in [0.3, 0.4) is 0 Å². The molecule has 0 aromatic heterocycles. The fourth-order valence-electron chi connectivity index (χ4n) is 4.10. The van der Waals surface area contributed by atoms with E-state index in [1.807, 2.05) is 36.4 Å². The molecule has 2 amide bonds. The molecule has 0 fully saturated rings. The van der Waals surface area contributed by atoms with Gasteiger partial charge >= 0.3 is 12.1 Å². The highest BCUT2D eigenvalue weighted by Gasteiger charge is 2.29. The number of aliphatic carboxylic acids is 1. The van der Waals surface area contributed by atoms with Crippen LogP contribution in [0.25, 0.3) is 11.1 Å². The van der Waals surface area contributed by atoms with Crippen LogP contribution in [-0.2, 0) is 14.3 Å². The Balaban J connectivity index is 1.40. The maximum Gasteiger partial charge on any atom is 0.411 e. The minimum atomic E-state index is -1.20. The van der Waals surface area contributed by atoms with Crippen LogP contribution in [0, 0.1) is 0 Å². The van der Waals surface area contributed by atoms with E-state index in [9.17, 15) is 14.4 Å². The van der Waals surface area contributed by atoms with Crippen LogP contribution >= 0.6 is 11.6 Å². The van der Waals surface area contributed by atoms with Crippen molar-refractivity contribution in [2.75, 3.05) is 25.6 Å². The lowest BCUT2D eigenvalue weighted by atomic mass is 9.98. The second-order valence-electron chi connectivity index (χ2n) is 7.95. The zero-order valence-corrected chi connectivity index (χ0v) is 19.5. The molecule has 1 aliphatic rings. The number of carboxylic acid groups (broad SMARTS) is 1. The highest BCUT2D eigenvalue weighted by atomic mass is 35.5. The van der Waals surface area contributed by atoms with E-state index in [1.54, 1.807) is 0 Å². The molecule has 0 bridgehead atoms. The largest absolute Gasteiger partial charge is 0.479 e. The zero-order chi connectivity index (χ0) is 24.9. The fourth-order valence-corrected chi connectivity index (χ4v) is 4.34. The summed E-state index contributed by atoms with van der Waals surface area (Å²) < 4.78 is 10.3. The number of nitrogens with one attached hydrogen (secondary N) is 2. The Morgan fingerprint density at radius 1 is 1.00 bits per heavy atom. The summed E-state index contributed by atoms with van der Waals surface area (Å²) in [4.78, 5) is 36.0. The van der Waals surface area contributed by atoms with Crippen molar-refractivity contribution < 1.29 is 29.0 Å². The first kappa shape index (κ1) is 24.3. The normalized spacial score (nSPS) is 12.9. The molecule has 0 heterocycles. The second-order valence-corrected chi connectivity index (χ2v) is 8.39. The van der Waals surface area contributed by atoms with E-state index in [0.717, 1.165) is 22.3 Å². The van der Waals surface area contributed by atoms with Crippen LogP contribution in [0.1, 0.15) is 27.4 Å².